The Morgan fingerprint density at radius 3 is 2.36 bits per heavy atom. The Hall–Kier alpha value is -2.10. The van der Waals surface area contributed by atoms with E-state index in [0.717, 1.165) is 15.6 Å². The first kappa shape index (κ1) is 19.2. The van der Waals surface area contributed by atoms with E-state index < -0.39 is 0 Å². The molecule has 0 aliphatic carbocycles. The molecule has 6 nitrogen and oxygen atoms in total. The number of thiazole rings is 1. The first-order chi connectivity index (χ1) is 13.4. The molecule has 1 amide bonds. The van der Waals surface area contributed by atoms with Crippen molar-refractivity contribution in [3.8, 4) is 0 Å². The number of thiocarbonyl (C=S) groups is 1. The zero-order valence-electron chi connectivity index (χ0n) is 16.1. The van der Waals surface area contributed by atoms with Gasteiger partial charge in [0.1, 0.15) is 19.9 Å². The molecule has 2 aliphatic heterocycles. The lowest BCUT2D eigenvalue weighted by Gasteiger charge is -2.13. The van der Waals surface area contributed by atoms with Crippen LogP contribution in [-0.4, -0.2) is 46.0 Å². The number of likely N-dealkylation sites (N-methyl/N-ethyl adjacent to an activating group) is 2. The van der Waals surface area contributed by atoms with Crippen LogP contribution in [0.1, 0.15) is 13.8 Å². The first-order valence-electron chi connectivity index (χ1n) is 8.99. The van der Waals surface area contributed by atoms with Gasteiger partial charge in [-0.25, -0.2) is 0 Å². The van der Waals surface area contributed by atoms with Crippen molar-refractivity contribution in [3.05, 3.63) is 43.8 Å². The standard InChI is InChI=1S/C19H20N4O2S3/c1-5-22-16(25)14(18-20(3)11-9-7-8-10-12(11)27-18)28-17(22)13-15(24)23(6-2)19(26)21(13)4/h7-10H,5-6H2,1-4H3/b17-13?,18-14-. The number of thioether (sulfide) groups is 1. The summed E-state index contributed by atoms with van der Waals surface area (Å²) in [7, 11) is 3.76. The van der Waals surface area contributed by atoms with Crippen molar-refractivity contribution >= 4 is 62.7 Å². The lowest BCUT2D eigenvalue weighted by Crippen LogP contribution is -2.35. The smallest absolute Gasteiger partial charge is 0.279 e. The molecule has 0 spiro atoms. The minimum absolute atomic E-state index is 0.0702. The molecule has 1 saturated heterocycles. The third kappa shape index (κ3) is 2.64. The summed E-state index contributed by atoms with van der Waals surface area (Å²) >= 11 is 8.38. The second-order valence-corrected chi connectivity index (χ2v) is 8.85. The fourth-order valence-corrected chi connectivity index (χ4v) is 6.35. The molecule has 146 valence electrons. The summed E-state index contributed by atoms with van der Waals surface area (Å²) in [5.41, 5.74) is 1.49. The maximum absolute atomic E-state index is 13.2. The molecule has 28 heavy (non-hydrogen) atoms. The predicted molar refractivity (Wildman–Crippen MR) is 119 cm³/mol. The monoisotopic (exact) mass is 432 g/mol. The van der Waals surface area contributed by atoms with Crippen LogP contribution < -0.4 is 19.7 Å². The van der Waals surface area contributed by atoms with Gasteiger partial charge in [0, 0.05) is 32.1 Å². The fraction of sp³-hybridized carbons (Fsp3) is 0.316. The van der Waals surface area contributed by atoms with Crippen molar-refractivity contribution in [3.63, 3.8) is 0 Å². The number of nitrogens with zero attached hydrogens (tertiary/aromatic N) is 4. The number of rotatable bonds is 2. The van der Waals surface area contributed by atoms with Gasteiger partial charge in [0.15, 0.2) is 5.11 Å². The summed E-state index contributed by atoms with van der Waals surface area (Å²) in [4.78, 5) is 32.6. The molecule has 0 radical (unpaired) electrons. The minimum atomic E-state index is -0.147. The molecule has 9 heteroatoms. The average molecular weight is 433 g/mol. The number of hydrogen-bond donors (Lipinski definition) is 0. The van der Waals surface area contributed by atoms with Gasteiger partial charge in [0.05, 0.1) is 5.69 Å². The molecule has 2 aromatic rings. The number of benzene rings is 1. The third-order valence-electron chi connectivity index (χ3n) is 4.95. The van der Waals surface area contributed by atoms with Crippen LogP contribution >= 0.6 is 35.3 Å². The highest BCUT2D eigenvalue weighted by Gasteiger charge is 2.36. The number of carbonyl (C=O) groups is 1. The zero-order chi connectivity index (χ0) is 20.2. The Morgan fingerprint density at radius 2 is 1.75 bits per heavy atom. The van der Waals surface area contributed by atoms with Crippen molar-refractivity contribution < 1.29 is 4.79 Å². The van der Waals surface area contributed by atoms with Crippen molar-refractivity contribution in [2.75, 3.05) is 25.5 Å². The Labute approximate surface area is 176 Å². The summed E-state index contributed by atoms with van der Waals surface area (Å²) in [6.45, 7) is 4.81. The van der Waals surface area contributed by atoms with E-state index in [1.165, 1.54) is 11.3 Å². The summed E-state index contributed by atoms with van der Waals surface area (Å²) in [5, 5.41) is 1.37. The largest absolute Gasteiger partial charge is 0.337 e. The maximum Gasteiger partial charge on any atom is 0.279 e. The van der Waals surface area contributed by atoms with Gasteiger partial charge in [-0.1, -0.05) is 23.9 Å². The van der Waals surface area contributed by atoms with Crippen LogP contribution in [0.4, 0.5) is 5.69 Å². The van der Waals surface area contributed by atoms with Crippen molar-refractivity contribution in [2.24, 2.45) is 0 Å². The van der Waals surface area contributed by atoms with Gasteiger partial charge in [-0.05, 0) is 38.2 Å². The molecule has 0 N–H and O–H groups in total. The molecule has 3 heterocycles. The van der Waals surface area contributed by atoms with E-state index in [0.29, 0.717) is 33.1 Å². The van der Waals surface area contributed by atoms with Crippen LogP contribution in [0, 0.1) is 0 Å². The maximum atomic E-state index is 13.2. The van der Waals surface area contributed by atoms with Crippen molar-refractivity contribution in [1.82, 2.24) is 14.4 Å². The Balaban J connectivity index is 2.02. The van der Waals surface area contributed by atoms with Crippen molar-refractivity contribution in [1.29, 1.82) is 0 Å². The van der Waals surface area contributed by atoms with E-state index in [-0.39, 0.29) is 11.5 Å². The number of aromatic nitrogens is 1. The molecule has 0 saturated carbocycles. The second kappa shape index (κ2) is 7.06. The molecule has 2 aliphatic rings. The predicted octanol–water partition coefficient (Wildman–Crippen LogP) is 1.42. The van der Waals surface area contributed by atoms with Crippen LogP contribution in [0.3, 0.4) is 0 Å². The molecule has 1 aromatic heterocycles. The first-order valence-corrected chi connectivity index (χ1v) is 11.0. The van der Waals surface area contributed by atoms with Gasteiger partial charge in [0.2, 0.25) is 0 Å². The topological polar surface area (TPSA) is 48.8 Å². The van der Waals surface area contributed by atoms with Crippen molar-refractivity contribution in [2.45, 2.75) is 25.3 Å². The van der Waals surface area contributed by atoms with Crippen LogP contribution in [0.25, 0.3) is 10.7 Å². The van der Waals surface area contributed by atoms with Crippen LogP contribution in [0.15, 0.2) is 34.0 Å². The van der Waals surface area contributed by atoms with Gasteiger partial charge in [0.25, 0.3) is 11.5 Å². The fourth-order valence-electron chi connectivity index (χ4n) is 3.46. The number of anilines is 1. The van der Waals surface area contributed by atoms with E-state index in [2.05, 4.69) is 6.07 Å². The average Bonchev–Trinajstić information content (AvgIpc) is 3.26. The molecule has 1 fully saturated rings. The highest BCUT2D eigenvalue weighted by atomic mass is 32.2. The molecular weight excluding hydrogens is 412 g/mol. The molecule has 0 bridgehead atoms. The summed E-state index contributed by atoms with van der Waals surface area (Å²) in [5.74, 6) is -0.147. The van der Waals surface area contributed by atoms with E-state index in [9.17, 15) is 9.59 Å². The van der Waals surface area contributed by atoms with E-state index in [4.69, 9.17) is 12.2 Å². The van der Waals surface area contributed by atoms with Gasteiger partial charge in [-0.3, -0.25) is 19.1 Å². The summed E-state index contributed by atoms with van der Waals surface area (Å²) in [6, 6.07) is 8.08. The lowest BCUT2D eigenvalue weighted by atomic mass is 10.3. The molecule has 0 unspecified atom stereocenters. The van der Waals surface area contributed by atoms with Gasteiger partial charge < -0.3 is 9.80 Å². The van der Waals surface area contributed by atoms with Gasteiger partial charge >= 0.3 is 0 Å². The van der Waals surface area contributed by atoms with Gasteiger partial charge in [-0.15, -0.1) is 11.3 Å². The van der Waals surface area contributed by atoms with E-state index >= 15 is 0 Å². The lowest BCUT2D eigenvalue weighted by molar-refractivity contribution is -0.120. The second-order valence-electron chi connectivity index (χ2n) is 6.46. The van der Waals surface area contributed by atoms with E-state index in [1.807, 2.05) is 44.0 Å². The molecule has 0 atom stereocenters. The SMILES string of the molecule is CCN1C(=O)C(=c2s/c(=C3\Sc4ccccc4N3C)c(=O)n2CC)N(C)C1=S. The molecular formula is C19H20N4O2S3. The number of fused-ring (bicyclic) bond motifs is 1. The number of amides is 1. The molecule has 1 aromatic carbocycles. The summed E-state index contributed by atoms with van der Waals surface area (Å²) < 4.78 is 2.98. The number of carbonyl (C=O) groups excluding carboxylic acids is 1. The minimum Gasteiger partial charge on any atom is -0.337 e. The Kier molecular flexibility index (Phi) is 4.84. The normalized spacial score (nSPS) is 20.5. The summed E-state index contributed by atoms with van der Waals surface area (Å²) in [6.07, 6.45) is 0. The number of hydrogen-bond acceptors (Lipinski definition) is 6. The van der Waals surface area contributed by atoms with E-state index in [1.54, 1.807) is 33.2 Å². The third-order valence-corrected chi connectivity index (χ3v) is 7.99. The number of para-hydroxylation sites is 1. The highest BCUT2D eigenvalue weighted by Crippen LogP contribution is 2.44. The highest BCUT2D eigenvalue weighted by molar-refractivity contribution is 8.08. The molecule has 4 rings (SSSR count). The van der Waals surface area contributed by atoms with Crippen LogP contribution in [0.5, 0.6) is 0 Å². The zero-order valence-corrected chi connectivity index (χ0v) is 18.5. The quantitative estimate of drug-likeness (QED) is 0.669. The Bertz CT molecular complexity index is 1180. The van der Waals surface area contributed by atoms with Gasteiger partial charge in [-0.2, -0.15) is 0 Å². The van der Waals surface area contributed by atoms with Crippen LogP contribution in [-0.2, 0) is 11.3 Å². The Morgan fingerprint density at radius 1 is 1.04 bits per heavy atom. The van der Waals surface area contributed by atoms with Crippen LogP contribution in [0.2, 0.25) is 0 Å².